The van der Waals surface area contributed by atoms with Crippen LogP contribution in [0.1, 0.15) is 23.4 Å². The summed E-state index contributed by atoms with van der Waals surface area (Å²) in [5, 5.41) is 3.90. The minimum atomic E-state index is -0.687. The van der Waals surface area contributed by atoms with Gasteiger partial charge in [-0.15, -0.1) is 11.3 Å². The third kappa shape index (κ3) is 3.07. The zero-order chi connectivity index (χ0) is 17.4. The van der Waals surface area contributed by atoms with Gasteiger partial charge in [-0.2, -0.15) is 0 Å². The zero-order valence-corrected chi connectivity index (χ0v) is 15.0. The van der Waals surface area contributed by atoms with Crippen molar-refractivity contribution in [3.8, 4) is 0 Å². The summed E-state index contributed by atoms with van der Waals surface area (Å²) in [6.45, 7) is 5.47. The Labute approximate surface area is 147 Å². The molecule has 1 aromatic carbocycles. The molecule has 24 heavy (non-hydrogen) atoms. The van der Waals surface area contributed by atoms with Crippen LogP contribution in [0.25, 0.3) is 10.2 Å². The molecule has 0 aliphatic rings. The molecule has 3 aromatic rings. The van der Waals surface area contributed by atoms with E-state index in [0.717, 1.165) is 10.4 Å². The first kappa shape index (κ1) is 16.7. The summed E-state index contributed by atoms with van der Waals surface area (Å²) >= 11 is 7.44. The second kappa shape index (κ2) is 6.37. The minimum Gasteiger partial charge on any atom is -0.324 e. The van der Waals surface area contributed by atoms with E-state index in [2.05, 4.69) is 10.3 Å². The first-order valence-electron chi connectivity index (χ1n) is 7.41. The number of halogens is 1. The van der Waals surface area contributed by atoms with Crippen molar-refractivity contribution in [3.05, 3.63) is 56.4 Å². The number of aromatic nitrogens is 2. The summed E-state index contributed by atoms with van der Waals surface area (Å²) in [6.07, 6.45) is 1.43. The maximum atomic E-state index is 12.6. The fourth-order valence-electron chi connectivity index (χ4n) is 2.43. The van der Waals surface area contributed by atoms with Crippen molar-refractivity contribution in [1.29, 1.82) is 0 Å². The zero-order valence-electron chi connectivity index (χ0n) is 13.5. The summed E-state index contributed by atoms with van der Waals surface area (Å²) < 4.78 is 1.35. The van der Waals surface area contributed by atoms with Gasteiger partial charge in [-0.3, -0.25) is 14.2 Å². The van der Waals surface area contributed by atoms with Gasteiger partial charge in [-0.1, -0.05) is 17.7 Å². The van der Waals surface area contributed by atoms with Crippen LogP contribution in [0, 0.1) is 13.8 Å². The quantitative estimate of drug-likeness (QED) is 0.768. The Balaban J connectivity index is 1.92. The van der Waals surface area contributed by atoms with E-state index in [-0.39, 0.29) is 11.5 Å². The molecule has 2 aromatic heterocycles. The molecule has 0 unspecified atom stereocenters. The molecule has 0 saturated carbocycles. The number of aryl methyl sites for hydroxylation is 2. The lowest BCUT2D eigenvalue weighted by molar-refractivity contribution is -0.118. The Bertz CT molecular complexity index is 993. The number of fused-ring (bicyclic) bond motifs is 1. The molecule has 124 valence electrons. The van der Waals surface area contributed by atoms with Crippen LogP contribution in [0.15, 0.2) is 35.4 Å². The van der Waals surface area contributed by atoms with Crippen LogP contribution in [0.3, 0.4) is 0 Å². The van der Waals surface area contributed by atoms with Crippen LogP contribution in [-0.4, -0.2) is 15.5 Å². The Kier molecular flexibility index (Phi) is 4.43. The van der Waals surface area contributed by atoms with Crippen LogP contribution in [-0.2, 0) is 4.79 Å². The van der Waals surface area contributed by atoms with Gasteiger partial charge < -0.3 is 5.32 Å². The number of hydrogen-bond donors (Lipinski definition) is 1. The van der Waals surface area contributed by atoms with Gasteiger partial charge in [-0.05, 0) is 44.5 Å². The molecule has 7 heteroatoms. The van der Waals surface area contributed by atoms with E-state index in [4.69, 9.17) is 11.6 Å². The molecule has 0 bridgehead atoms. The van der Waals surface area contributed by atoms with Gasteiger partial charge in [0.1, 0.15) is 10.9 Å². The highest BCUT2D eigenvalue weighted by Gasteiger charge is 2.19. The maximum Gasteiger partial charge on any atom is 0.262 e. The molecular weight excluding hydrogens is 346 g/mol. The van der Waals surface area contributed by atoms with Gasteiger partial charge in [0.25, 0.3) is 5.56 Å². The van der Waals surface area contributed by atoms with Gasteiger partial charge in [0, 0.05) is 15.6 Å². The smallest absolute Gasteiger partial charge is 0.262 e. The topological polar surface area (TPSA) is 64.0 Å². The summed E-state index contributed by atoms with van der Waals surface area (Å²) in [6, 6.07) is 6.40. The van der Waals surface area contributed by atoms with E-state index in [1.165, 1.54) is 22.2 Å². The molecule has 5 nitrogen and oxygen atoms in total. The largest absolute Gasteiger partial charge is 0.324 e. The van der Waals surface area contributed by atoms with Crippen LogP contribution in [0.5, 0.6) is 0 Å². The molecule has 0 fully saturated rings. The van der Waals surface area contributed by atoms with Crippen molar-refractivity contribution in [1.82, 2.24) is 9.55 Å². The molecule has 0 radical (unpaired) electrons. The second-order valence-electron chi connectivity index (χ2n) is 5.66. The molecule has 0 saturated heterocycles. The standard InChI is InChI=1S/C17H16ClN3O2S/c1-9-4-5-12(18)7-14(9)20-15(22)11(3)21-8-19-16-13(17(21)23)6-10(2)24-16/h4-8,11H,1-3H3,(H,20,22)/t11-/m1/s1. The van der Waals surface area contributed by atoms with Gasteiger partial charge in [-0.25, -0.2) is 4.98 Å². The molecule has 2 heterocycles. The minimum absolute atomic E-state index is 0.213. The van der Waals surface area contributed by atoms with E-state index in [1.807, 2.05) is 19.9 Å². The van der Waals surface area contributed by atoms with Gasteiger partial charge in [0.2, 0.25) is 5.91 Å². The Hall–Kier alpha value is -2.18. The van der Waals surface area contributed by atoms with E-state index in [1.54, 1.807) is 25.1 Å². The molecule has 1 amide bonds. The maximum absolute atomic E-state index is 12.6. The molecule has 0 aliphatic heterocycles. The summed E-state index contributed by atoms with van der Waals surface area (Å²) in [5.41, 5.74) is 1.32. The number of benzene rings is 1. The van der Waals surface area contributed by atoms with Crippen molar-refractivity contribution in [2.75, 3.05) is 5.32 Å². The average molecular weight is 362 g/mol. The van der Waals surface area contributed by atoms with Gasteiger partial charge in [0.05, 0.1) is 11.7 Å². The van der Waals surface area contributed by atoms with Crippen LogP contribution in [0.2, 0.25) is 5.02 Å². The lowest BCUT2D eigenvalue weighted by Gasteiger charge is -2.16. The third-order valence-corrected chi connectivity index (χ3v) is 5.05. The van der Waals surface area contributed by atoms with E-state index in [0.29, 0.717) is 20.9 Å². The number of amides is 1. The van der Waals surface area contributed by atoms with Crippen LogP contribution >= 0.6 is 22.9 Å². The normalized spacial score (nSPS) is 12.3. The first-order chi connectivity index (χ1) is 11.4. The predicted molar refractivity (Wildman–Crippen MR) is 98.1 cm³/mol. The SMILES string of the molecule is Cc1cc2c(=O)n([C@H](C)C(=O)Nc3cc(Cl)ccc3C)cnc2s1. The Morgan fingerprint density at radius 2 is 2.08 bits per heavy atom. The molecular formula is C17H16ClN3O2S. The third-order valence-electron chi connectivity index (χ3n) is 3.85. The summed E-state index contributed by atoms with van der Waals surface area (Å²) in [5.74, 6) is -0.296. The number of anilines is 1. The molecule has 1 atom stereocenters. The highest BCUT2D eigenvalue weighted by atomic mass is 35.5. The number of nitrogens with one attached hydrogen (secondary N) is 1. The lowest BCUT2D eigenvalue weighted by atomic mass is 10.2. The summed E-state index contributed by atoms with van der Waals surface area (Å²) in [4.78, 5) is 31.1. The molecule has 0 aliphatic carbocycles. The van der Waals surface area contributed by atoms with Crippen molar-refractivity contribution in [2.24, 2.45) is 0 Å². The summed E-state index contributed by atoms with van der Waals surface area (Å²) in [7, 11) is 0. The van der Waals surface area contributed by atoms with Crippen LogP contribution in [0.4, 0.5) is 5.69 Å². The van der Waals surface area contributed by atoms with Crippen molar-refractivity contribution in [2.45, 2.75) is 26.8 Å². The lowest BCUT2D eigenvalue weighted by Crippen LogP contribution is -2.31. The van der Waals surface area contributed by atoms with E-state index >= 15 is 0 Å². The van der Waals surface area contributed by atoms with Gasteiger partial charge >= 0.3 is 0 Å². The number of nitrogens with zero attached hydrogens (tertiary/aromatic N) is 2. The first-order valence-corrected chi connectivity index (χ1v) is 8.60. The van der Waals surface area contributed by atoms with Crippen molar-refractivity contribution < 1.29 is 4.79 Å². The monoisotopic (exact) mass is 361 g/mol. The van der Waals surface area contributed by atoms with E-state index in [9.17, 15) is 9.59 Å². The Morgan fingerprint density at radius 3 is 2.83 bits per heavy atom. The fraction of sp³-hybridized carbons (Fsp3) is 0.235. The number of carbonyl (C=O) groups excluding carboxylic acids is 1. The van der Waals surface area contributed by atoms with Gasteiger partial charge in [0.15, 0.2) is 0 Å². The second-order valence-corrected chi connectivity index (χ2v) is 7.33. The number of carbonyl (C=O) groups is 1. The molecule has 1 N–H and O–H groups in total. The van der Waals surface area contributed by atoms with Crippen molar-refractivity contribution >= 4 is 44.7 Å². The molecule has 0 spiro atoms. The fourth-order valence-corrected chi connectivity index (χ4v) is 3.44. The number of rotatable bonds is 3. The van der Waals surface area contributed by atoms with Crippen LogP contribution < -0.4 is 10.9 Å². The van der Waals surface area contributed by atoms with E-state index < -0.39 is 6.04 Å². The predicted octanol–water partition coefficient (Wildman–Crippen LogP) is 3.93. The Morgan fingerprint density at radius 1 is 1.33 bits per heavy atom. The highest BCUT2D eigenvalue weighted by Crippen LogP contribution is 2.22. The molecule has 3 rings (SSSR count). The van der Waals surface area contributed by atoms with Crippen molar-refractivity contribution in [3.63, 3.8) is 0 Å². The number of thiophene rings is 1. The highest BCUT2D eigenvalue weighted by molar-refractivity contribution is 7.18. The average Bonchev–Trinajstić information content (AvgIpc) is 2.92. The number of hydrogen-bond acceptors (Lipinski definition) is 4.